The second-order valence-corrected chi connectivity index (χ2v) is 6.16. The molecule has 0 saturated heterocycles. The summed E-state index contributed by atoms with van der Waals surface area (Å²) in [5, 5.41) is 7.15. The number of fused-ring (bicyclic) bond motifs is 1. The van der Waals surface area contributed by atoms with Crippen LogP contribution in [0.5, 0.6) is 0 Å². The van der Waals surface area contributed by atoms with Crippen LogP contribution >= 0.6 is 22.9 Å². The smallest absolute Gasteiger partial charge is 0.283 e. The van der Waals surface area contributed by atoms with Gasteiger partial charge in [-0.3, -0.25) is 4.79 Å². The van der Waals surface area contributed by atoms with Gasteiger partial charge in [0.15, 0.2) is 0 Å². The quantitative estimate of drug-likeness (QED) is 0.547. The summed E-state index contributed by atoms with van der Waals surface area (Å²) in [7, 11) is 3.67. The molecule has 0 saturated carbocycles. The van der Waals surface area contributed by atoms with Gasteiger partial charge in [-0.2, -0.15) is 9.78 Å². The zero-order chi connectivity index (χ0) is 15.7. The molecule has 0 aliphatic rings. The van der Waals surface area contributed by atoms with Crippen LogP contribution in [0.4, 0.5) is 0 Å². The highest BCUT2D eigenvalue weighted by Gasteiger charge is 2.14. The Balaban J connectivity index is 2.24. The van der Waals surface area contributed by atoms with E-state index < -0.39 is 0 Å². The first-order valence-electron chi connectivity index (χ1n) is 6.52. The molecule has 3 aromatic rings. The normalized spacial score (nSPS) is 11.4. The number of nitrogens with zero attached hydrogens (tertiary/aromatic N) is 4. The predicted octanol–water partition coefficient (Wildman–Crippen LogP) is 3.13. The van der Waals surface area contributed by atoms with E-state index in [1.165, 1.54) is 22.3 Å². The first kappa shape index (κ1) is 14.7. The molecule has 0 atom stereocenters. The number of hydrogen-bond acceptors (Lipinski definition) is 4. The van der Waals surface area contributed by atoms with Crippen LogP contribution in [0.25, 0.3) is 21.3 Å². The summed E-state index contributed by atoms with van der Waals surface area (Å²) in [6.07, 6.45) is 2.98. The van der Waals surface area contributed by atoms with Gasteiger partial charge in [0.25, 0.3) is 5.56 Å². The van der Waals surface area contributed by atoms with Crippen LogP contribution in [0.15, 0.2) is 45.9 Å². The Bertz CT molecular complexity index is 913. The first-order chi connectivity index (χ1) is 10.6. The molecule has 0 bridgehead atoms. The number of rotatable bonds is 3. The fraction of sp³-hybridized carbons (Fsp3) is 0.133. The van der Waals surface area contributed by atoms with Gasteiger partial charge in [-0.1, -0.05) is 29.8 Å². The van der Waals surface area contributed by atoms with Crippen LogP contribution in [-0.2, 0) is 0 Å². The highest BCUT2D eigenvalue weighted by molar-refractivity contribution is 7.17. The van der Waals surface area contributed by atoms with Crippen molar-refractivity contribution >= 4 is 39.5 Å². The Hall–Kier alpha value is -2.18. The van der Waals surface area contributed by atoms with E-state index in [-0.39, 0.29) is 5.56 Å². The standard InChI is InChI=1S/C15H13ClN4OS/c1-19(2)9-18-20-8-17-14-13(15(20)21)11(7-22-14)10-5-3-4-6-12(10)16/h3-9H,1-2H3/b18-9-. The van der Waals surface area contributed by atoms with Crippen molar-refractivity contribution in [2.24, 2.45) is 5.10 Å². The number of thiophene rings is 1. The predicted molar refractivity (Wildman–Crippen MR) is 91.9 cm³/mol. The maximum Gasteiger partial charge on any atom is 0.283 e. The van der Waals surface area contributed by atoms with Gasteiger partial charge in [-0.15, -0.1) is 11.3 Å². The number of benzene rings is 1. The van der Waals surface area contributed by atoms with Gasteiger partial charge in [-0.05, 0) is 6.07 Å². The number of aromatic nitrogens is 2. The van der Waals surface area contributed by atoms with Gasteiger partial charge >= 0.3 is 0 Å². The summed E-state index contributed by atoms with van der Waals surface area (Å²) in [5.74, 6) is 0. The van der Waals surface area contributed by atoms with Crippen LogP contribution in [-0.4, -0.2) is 35.0 Å². The van der Waals surface area contributed by atoms with Crippen LogP contribution in [0.1, 0.15) is 0 Å². The molecule has 0 amide bonds. The van der Waals surface area contributed by atoms with E-state index >= 15 is 0 Å². The summed E-state index contributed by atoms with van der Waals surface area (Å²) in [4.78, 5) is 19.4. The van der Waals surface area contributed by atoms with Crippen molar-refractivity contribution in [3.8, 4) is 11.1 Å². The Labute approximate surface area is 136 Å². The molecule has 0 spiro atoms. The SMILES string of the molecule is CN(C)/C=N\n1cnc2scc(-c3ccccc3Cl)c2c1=O. The molecule has 2 heterocycles. The van der Waals surface area contributed by atoms with E-state index in [0.717, 1.165) is 11.1 Å². The maximum atomic E-state index is 12.7. The summed E-state index contributed by atoms with van der Waals surface area (Å²) in [6.45, 7) is 0. The van der Waals surface area contributed by atoms with Crippen molar-refractivity contribution in [2.45, 2.75) is 0 Å². The highest BCUT2D eigenvalue weighted by Crippen LogP contribution is 2.34. The van der Waals surface area contributed by atoms with Crippen molar-refractivity contribution < 1.29 is 0 Å². The van der Waals surface area contributed by atoms with E-state index in [4.69, 9.17) is 11.6 Å². The van der Waals surface area contributed by atoms with Crippen molar-refractivity contribution in [3.05, 3.63) is 51.3 Å². The minimum Gasteiger partial charge on any atom is -0.367 e. The van der Waals surface area contributed by atoms with Gasteiger partial charge < -0.3 is 4.90 Å². The molecule has 0 aliphatic heterocycles. The fourth-order valence-electron chi connectivity index (χ4n) is 2.04. The van der Waals surface area contributed by atoms with Crippen molar-refractivity contribution in [3.63, 3.8) is 0 Å². The third kappa shape index (κ3) is 2.63. The third-order valence-corrected chi connectivity index (χ3v) is 4.26. The molecule has 2 aromatic heterocycles. The molecular formula is C15H13ClN4OS. The Morgan fingerprint density at radius 3 is 2.82 bits per heavy atom. The van der Waals surface area contributed by atoms with E-state index in [2.05, 4.69) is 10.1 Å². The molecule has 0 unspecified atom stereocenters. The lowest BCUT2D eigenvalue weighted by Crippen LogP contribution is -2.19. The minimum atomic E-state index is -0.209. The lowest BCUT2D eigenvalue weighted by molar-refractivity contribution is 0.629. The summed E-state index contributed by atoms with van der Waals surface area (Å²) in [5.41, 5.74) is 1.40. The van der Waals surface area contributed by atoms with Gasteiger partial charge in [0.2, 0.25) is 0 Å². The zero-order valence-corrected chi connectivity index (χ0v) is 13.6. The molecule has 7 heteroatoms. The molecule has 22 heavy (non-hydrogen) atoms. The van der Waals surface area contributed by atoms with E-state index in [9.17, 15) is 4.79 Å². The Kier molecular flexibility index (Phi) is 3.96. The summed E-state index contributed by atoms with van der Waals surface area (Å²) < 4.78 is 1.23. The molecule has 5 nitrogen and oxygen atoms in total. The molecule has 0 fully saturated rings. The Morgan fingerprint density at radius 1 is 1.32 bits per heavy atom. The van der Waals surface area contributed by atoms with Crippen LogP contribution < -0.4 is 5.56 Å². The molecule has 3 rings (SSSR count). The van der Waals surface area contributed by atoms with E-state index in [0.29, 0.717) is 15.2 Å². The highest BCUT2D eigenvalue weighted by atomic mass is 35.5. The lowest BCUT2D eigenvalue weighted by atomic mass is 10.1. The van der Waals surface area contributed by atoms with Crippen molar-refractivity contribution in [1.82, 2.24) is 14.6 Å². The molecular weight excluding hydrogens is 320 g/mol. The zero-order valence-electron chi connectivity index (χ0n) is 12.0. The largest absolute Gasteiger partial charge is 0.367 e. The minimum absolute atomic E-state index is 0.209. The lowest BCUT2D eigenvalue weighted by Gasteiger charge is -2.05. The van der Waals surface area contributed by atoms with Gasteiger partial charge in [-0.25, -0.2) is 4.98 Å². The average molecular weight is 333 g/mol. The van der Waals surface area contributed by atoms with E-state index in [1.807, 2.05) is 37.7 Å². The topological polar surface area (TPSA) is 50.5 Å². The van der Waals surface area contributed by atoms with Gasteiger partial charge in [0.1, 0.15) is 17.5 Å². The van der Waals surface area contributed by atoms with E-state index in [1.54, 1.807) is 17.3 Å². The first-order valence-corrected chi connectivity index (χ1v) is 7.78. The third-order valence-electron chi connectivity index (χ3n) is 3.05. The molecule has 112 valence electrons. The van der Waals surface area contributed by atoms with Crippen molar-refractivity contribution in [1.29, 1.82) is 0 Å². The molecule has 0 radical (unpaired) electrons. The Morgan fingerprint density at radius 2 is 2.09 bits per heavy atom. The van der Waals surface area contributed by atoms with Crippen LogP contribution in [0.2, 0.25) is 5.02 Å². The molecule has 0 aliphatic carbocycles. The average Bonchev–Trinajstić information content (AvgIpc) is 2.91. The van der Waals surface area contributed by atoms with Crippen molar-refractivity contribution in [2.75, 3.05) is 14.1 Å². The number of halogens is 1. The van der Waals surface area contributed by atoms with Gasteiger partial charge in [0.05, 0.1) is 5.39 Å². The number of hydrogen-bond donors (Lipinski definition) is 0. The fourth-order valence-corrected chi connectivity index (χ4v) is 3.18. The second kappa shape index (κ2) is 5.90. The molecule has 0 N–H and O–H groups in total. The summed E-state index contributed by atoms with van der Waals surface area (Å²) >= 11 is 7.67. The second-order valence-electron chi connectivity index (χ2n) is 4.90. The van der Waals surface area contributed by atoms with Crippen LogP contribution in [0, 0.1) is 0 Å². The molecule has 1 aromatic carbocycles. The summed E-state index contributed by atoms with van der Waals surface area (Å²) in [6, 6.07) is 7.45. The van der Waals surface area contributed by atoms with Gasteiger partial charge in [0, 0.05) is 35.6 Å². The monoisotopic (exact) mass is 332 g/mol. The van der Waals surface area contributed by atoms with Crippen LogP contribution in [0.3, 0.4) is 0 Å². The maximum absolute atomic E-state index is 12.7.